The molecule has 2 N–H and O–H groups in total. The highest BCUT2D eigenvalue weighted by atomic mass is 16.6. The van der Waals surface area contributed by atoms with Crippen molar-refractivity contribution in [2.24, 2.45) is 0 Å². The van der Waals surface area contributed by atoms with E-state index >= 15 is 0 Å². The predicted octanol–water partition coefficient (Wildman–Crippen LogP) is 1.86. The summed E-state index contributed by atoms with van der Waals surface area (Å²) in [7, 11) is 0. The number of aliphatic hydroxyl groups excluding tert-OH is 2. The largest absolute Gasteiger partial charge is 0.388 e. The molecule has 2 fully saturated rings. The van der Waals surface area contributed by atoms with Crippen molar-refractivity contribution >= 4 is 0 Å². The van der Waals surface area contributed by atoms with E-state index in [1.165, 1.54) is 11.1 Å². The van der Waals surface area contributed by atoms with Gasteiger partial charge >= 0.3 is 0 Å². The average molecular weight is 300 g/mol. The van der Waals surface area contributed by atoms with Crippen LogP contribution in [0, 0.1) is 0 Å². The first kappa shape index (κ1) is 15.2. The van der Waals surface area contributed by atoms with Crippen molar-refractivity contribution in [3.8, 4) is 11.1 Å². The van der Waals surface area contributed by atoms with Gasteiger partial charge in [-0.05, 0) is 11.1 Å². The Hall–Kier alpha value is -1.72. The standard InChI is InChI=1S/C12H10.C6H10O4/c1-3-7-11(8-4-1)12-9-5-2-6-10-12;7-3-1-9-6-4(8)2-10-5(3)6/h1-10H;3-8H,1-2H2/t;3-,4+,5-,6-/m.1/s1. The topological polar surface area (TPSA) is 58.9 Å². The van der Waals surface area contributed by atoms with Crippen molar-refractivity contribution in [2.45, 2.75) is 24.4 Å². The summed E-state index contributed by atoms with van der Waals surface area (Å²) in [6, 6.07) is 20.8. The second kappa shape index (κ2) is 7.03. The van der Waals surface area contributed by atoms with Crippen LogP contribution in [0.4, 0.5) is 0 Å². The lowest BCUT2D eigenvalue weighted by atomic mass is 10.1. The lowest BCUT2D eigenvalue weighted by molar-refractivity contribution is 0.00205. The van der Waals surface area contributed by atoms with Gasteiger partial charge in [0.1, 0.15) is 24.4 Å². The number of benzene rings is 2. The van der Waals surface area contributed by atoms with E-state index in [1.54, 1.807) is 0 Å². The molecular formula is C18H20O4. The van der Waals surface area contributed by atoms with Gasteiger partial charge in [0.25, 0.3) is 0 Å². The number of rotatable bonds is 1. The minimum Gasteiger partial charge on any atom is -0.388 e. The van der Waals surface area contributed by atoms with E-state index in [9.17, 15) is 0 Å². The van der Waals surface area contributed by atoms with Crippen LogP contribution < -0.4 is 0 Å². The van der Waals surface area contributed by atoms with Gasteiger partial charge in [0, 0.05) is 0 Å². The van der Waals surface area contributed by atoms with Crippen LogP contribution in [0.5, 0.6) is 0 Å². The summed E-state index contributed by atoms with van der Waals surface area (Å²) in [6.07, 6.45) is -1.70. The Morgan fingerprint density at radius 3 is 1.36 bits per heavy atom. The van der Waals surface area contributed by atoms with Crippen molar-refractivity contribution in [3.63, 3.8) is 0 Å². The van der Waals surface area contributed by atoms with Gasteiger partial charge in [-0.2, -0.15) is 0 Å². The average Bonchev–Trinajstić information content (AvgIpc) is 3.14. The minimum atomic E-state index is -0.554. The Morgan fingerprint density at radius 2 is 1.00 bits per heavy atom. The molecule has 4 heteroatoms. The van der Waals surface area contributed by atoms with Gasteiger partial charge in [-0.1, -0.05) is 60.7 Å². The van der Waals surface area contributed by atoms with E-state index in [0.29, 0.717) is 0 Å². The summed E-state index contributed by atoms with van der Waals surface area (Å²) in [4.78, 5) is 0. The van der Waals surface area contributed by atoms with E-state index in [0.717, 1.165) is 0 Å². The molecule has 0 spiro atoms. The number of fused-ring (bicyclic) bond motifs is 1. The van der Waals surface area contributed by atoms with Crippen LogP contribution in [0.15, 0.2) is 60.7 Å². The number of ether oxygens (including phenoxy) is 2. The zero-order valence-corrected chi connectivity index (χ0v) is 12.2. The number of hydrogen-bond acceptors (Lipinski definition) is 4. The molecule has 0 amide bonds. The Morgan fingerprint density at radius 1 is 0.636 bits per heavy atom. The molecule has 2 saturated heterocycles. The van der Waals surface area contributed by atoms with Gasteiger partial charge in [-0.15, -0.1) is 0 Å². The van der Waals surface area contributed by atoms with E-state index < -0.39 is 12.2 Å². The maximum absolute atomic E-state index is 9.16. The second-order valence-corrected chi connectivity index (χ2v) is 5.46. The Bertz CT molecular complexity index is 519. The second-order valence-electron chi connectivity index (χ2n) is 5.46. The molecule has 116 valence electrons. The number of aliphatic hydroxyl groups is 2. The zero-order valence-electron chi connectivity index (χ0n) is 12.2. The molecule has 2 aliphatic heterocycles. The summed E-state index contributed by atoms with van der Waals surface area (Å²) in [5.41, 5.74) is 2.55. The molecule has 4 nitrogen and oxygen atoms in total. The molecule has 4 rings (SSSR count). The molecule has 2 aliphatic rings. The predicted molar refractivity (Wildman–Crippen MR) is 83.4 cm³/mol. The van der Waals surface area contributed by atoms with Crippen LogP contribution in [0.25, 0.3) is 11.1 Å². The summed E-state index contributed by atoms with van der Waals surface area (Å²) in [6.45, 7) is 0.568. The quantitative estimate of drug-likeness (QED) is 0.844. The Kier molecular flexibility index (Phi) is 4.85. The molecule has 2 aromatic rings. The molecule has 2 aromatic carbocycles. The third-order valence-corrected chi connectivity index (χ3v) is 3.88. The Labute approximate surface area is 129 Å². The van der Waals surface area contributed by atoms with E-state index in [4.69, 9.17) is 19.7 Å². The molecular weight excluding hydrogens is 280 g/mol. The molecule has 4 atom stereocenters. The Balaban J connectivity index is 0.000000133. The van der Waals surface area contributed by atoms with Crippen molar-refractivity contribution in [3.05, 3.63) is 60.7 Å². The summed E-state index contributed by atoms with van der Waals surface area (Å²) in [5, 5.41) is 18.3. The van der Waals surface area contributed by atoms with Gasteiger partial charge in [0.05, 0.1) is 13.2 Å². The monoisotopic (exact) mass is 300 g/mol. The first-order valence-corrected chi connectivity index (χ1v) is 7.45. The minimum absolute atomic E-state index is 0.284. The van der Waals surface area contributed by atoms with Crippen molar-refractivity contribution in [2.75, 3.05) is 13.2 Å². The fourth-order valence-electron chi connectivity index (χ4n) is 2.72. The molecule has 0 unspecified atom stereocenters. The van der Waals surface area contributed by atoms with Gasteiger partial charge < -0.3 is 19.7 Å². The van der Waals surface area contributed by atoms with E-state index in [2.05, 4.69) is 48.5 Å². The van der Waals surface area contributed by atoms with Crippen molar-refractivity contribution in [1.82, 2.24) is 0 Å². The van der Waals surface area contributed by atoms with Crippen molar-refractivity contribution < 1.29 is 19.7 Å². The first-order chi connectivity index (χ1) is 10.8. The lowest BCUT2D eigenvalue weighted by Gasteiger charge is -2.09. The first-order valence-electron chi connectivity index (χ1n) is 7.45. The normalized spacial score (nSPS) is 29.5. The highest BCUT2D eigenvalue weighted by Gasteiger charge is 2.46. The smallest absolute Gasteiger partial charge is 0.114 e. The molecule has 0 saturated carbocycles. The summed E-state index contributed by atoms with van der Waals surface area (Å²) < 4.78 is 10.2. The van der Waals surface area contributed by atoms with Crippen LogP contribution >= 0.6 is 0 Å². The highest BCUT2D eigenvalue weighted by molar-refractivity contribution is 5.62. The molecule has 0 radical (unpaired) electrons. The molecule has 0 bridgehead atoms. The van der Waals surface area contributed by atoms with Crippen LogP contribution in [-0.2, 0) is 9.47 Å². The maximum Gasteiger partial charge on any atom is 0.114 e. The molecule has 2 heterocycles. The van der Waals surface area contributed by atoms with Crippen LogP contribution in [0.2, 0.25) is 0 Å². The maximum atomic E-state index is 9.16. The number of hydrogen-bond donors (Lipinski definition) is 2. The van der Waals surface area contributed by atoms with E-state index in [-0.39, 0.29) is 25.4 Å². The summed E-state index contributed by atoms with van der Waals surface area (Å²) in [5.74, 6) is 0. The fraction of sp³-hybridized carbons (Fsp3) is 0.333. The highest BCUT2D eigenvalue weighted by Crippen LogP contribution is 2.26. The molecule has 0 aliphatic carbocycles. The lowest BCUT2D eigenvalue weighted by Crippen LogP contribution is -2.30. The van der Waals surface area contributed by atoms with Crippen LogP contribution in [-0.4, -0.2) is 47.8 Å². The fourth-order valence-corrected chi connectivity index (χ4v) is 2.72. The van der Waals surface area contributed by atoms with Gasteiger partial charge in [-0.3, -0.25) is 0 Å². The zero-order chi connectivity index (χ0) is 15.4. The molecule has 0 aromatic heterocycles. The summed E-state index contributed by atoms with van der Waals surface area (Å²) >= 11 is 0. The SMILES string of the molecule is O[C@@H]1CO[C@H]2[C@@H]1OC[C@@H]2O.c1ccc(-c2ccccc2)cc1. The third-order valence-electron chi connectivity index (χ3n) is 3.88. The molecule has 22 heavy (non-hydrogen) atoms. The van der Waals surface area contributed by atoms with Crippen LogP contribution in [0.1, 0.15) is 0 Å². The van der Waals surface area contributed by atoms with Gasteiger partial charge in [0.15, 0.2) is 0 Å². The van der Waals surface area contributed by atoms with Gasteiger partial charge in [-0.25, -0.2) is 0 Å². The van der Waals surface area contributed by atoms with Gasteiger partial charge in [0.2, 0.25) is 0 Å². The third kappa shape index (κ3) is 3.36. The van der Waals surface area contributed by atoms with Crippen LogP contribution in [0.3, 0.4) is 0 Å². The van der Waals surface area contributed by atoms with Crippen molar-refractivity contribution in [1.29, 1.82) is 0 Å². The van der Waals surface area contributed by atoms with E-state index in [1.807, 2.05) is 12.1 Å².